The molecule has 0 N–H and O–H groups in total. The summed E-state index contributed by atoms with van der Waals surface area (Å²) in [5.74, 6) is 1.80. The first-order valence-corrected chi connectivity index (χ1v) is 12.3. The van der Waals surface area contributed by atoms with Crippen molar-refractivity contribution in [2.75, 3.05) is 50.7 Å². The Balaban J connectivity index is 1.22. The molecule has 2 aliphatic rings. The molecule has 182 valence electrons. The van der Waals surface area contributed by atoms with E-state index in [0.717, 1.165) is 74.7 Å². The van der Waals surface area contributed by atoms with E-state index in [0.29, 0.717) is 12.5 Å². The van der Waals surface area contributed by atoms with Crippen molar-refractivity contribution in [1.82, 2.24) is 34.2 Å². The van der Waals surface area contributed by atoms with E-state index in [4.69, 9.17) is 4.98 Å². The molecule has 2 saturated heterocycles. The normalized spacial score (nSPS) is 18.9. The molecule has 2 aliphatic heterocycles. The fourth-order valence-corrected chi connectivity index (χ4v) is 5.23. The summed E-state index contributed by atoms with van der Waals surface area (Å²) in [4.78, 5) is 24.6. The van der Waals surface area contributed by atoms with Crippen LogP contribution in [0.15, 0.2) is 30.9 Å². The molecule has 0 radical (unpaired) electrons. The van der Waals surface area contributed by atoms with E-state index in [9.17, 15) is 4.79 Å². The number of nitrogens with zero attached hydrogens (tertiary/aromatic N) is 8. The van der Waals surface area contributed by atoms with Crippen LogP contribution in [0.1, 0.15) is 33.6 Å². The molecule has 34 heavy (non-hydrogen) atoms. The number of piperidine rings is 1. The lowest BCUT2D eigenvalue weighted by Gasteiger charge is -2.40. The summed E-state index contributed by atoms with van der Waals surface area (Å²) < 4.78 is 3.70. The Kier molecular flexibility index (Phi) is 6.06. The van der Waals surface area contributed by atoms with Crippen LogP contribution in [0.25, 0.3) is 16.8 Å². The van der Waals surface area contributed by atoms with Crippen molar-refractivity contribution in [2.45, 2.75) is 33.6 Å². The maximum atomic E-state index is 12.8. The highest BCUT2D eigenvalue weighted by atomic mass is 16.2. The predicted octanol–water partition coefficient (Wildman–Crippen LogP) is 2.54. The largest absolute Gasteiger partial charge is 0.355 e. The summed E-state index contributed by atoms with van der Waals surface area (Å²) in [5.41, 5.74) is 3.11. The molecule has 0 aromatic carbocycles. The van der Waals surface area contributed by atoms with E-state index < -0.39 is 0 Å². The minimum absolute atomic E-state index is 0.221. The van der Waals surface area contributed by atoms with E-state index in [-0.39, 0.29) is 11.3 Å². The molecule has 3 aromatic rings. The van der Waals surface area contributed by atoms with Gasteiger partial charge in [0.1, 0.15) is 5.52 Å². The van der Waals surface area contributed by atoms with Gasteiger partial charge >= 0.3 is 0 Å². The van der Waals surface area contributed by atoms with Crippen LogP contribution in [0.4, 0.5) is 5.82 Å². The van der Waals surface area contributed by atoms with Gasteiger partial charge in [-0.15, -0.1) is 0 Å². The fourth-order valence-electron chi connectivity index (χ4n) is 5.23. The van der Waals surface area contributed by atoms with Crippen LogP contribution in [0.2, 0.25) is 0 Å². The van der Waals surface area contributed by atoms with Crippen molar-refractivity contribution in [1.29, 1.82) is 0 Å². The fraction of sp³-hybridized carbons (Fsp3) is 0.600. The van der Waals surface area contributed by atoms with Gasteiger partial charge in [0.2, 0.25) is 5.91 Å². The third kappa shape index (κ3) is 4.94. The third-order valence-electron chi connectivity index (χ3n) is 6.86. The zero-order chi connectivity index (χ0) is 23.9. The van der Waals surface area contributed by atoms with E-state index >= 15 is 0 Å². The maximum absolute atomic E-state index is 12.8. The van der Waals surface area contributed by atoms with Gasteiger partial charge in [0.05, 0.1) is 30.8 Å². The summed E-state index contributed by atoms with van der Waals surface area (Å²) in [6.07, 6.45) is 9.74. The third-order valence-corrected chi connectivity index (χ3v) is 6.86. The molecule has 0 spiro atoms. The summed E-state index contributed by atoms with van der Waals surface area (Å²) >= 11 is 0. The zero-order valence-corrected chi connectivity index (χ0v) is 20.8. The molecule has 5 heterocycles. The average molecular weight is 465 g/mol. The Hall–Kier alpha value is -2.94. The van der Waals surface area contributed by atoms with E-state index in [1.54, 1.807) is 4.68 Å². The Bertz CT molecular complexity index is 1150. The summed E-state index contributed by atoms with van der Waals surface area (Å²) in [6.45, 7) is 12.8. The van der Waals surface area contributed by atoms with Crippen molar-refractivity contribution >= 4 is 17.2 Å². The van der Waals surface area contributed by atoms with Crippen molar-refractivity contribution in [3.63, 3.8) is 0 Å². The molecule has 9 heteroatoms. The van der Waals surface area contributed by atoms with Crippen molar-refractivity contribution < 1.29 is 4.79 Å². The summed E-state index contributed by atoms with van der Waals surface area (Å²) in [6, 6.07) is 2.02. The van der Waals surface area contributed by atoms with Gasteiger partial charge < -0.3 is 9.80 Å². The Morgan fingerprint density at radius 2 is 1.85 bits per heavy atom. The molecule has 0 saturated carbocycles. The molecule has 1 amide bonds. The van der Waals surface area contributed by atoms with Crippen LogP contribution < -0.4 is 4.90 Å². The number of aryl methyl sites for hydroxylation is 1. The van der Waals surface area contributed by atoms with E-state index in [1.165, 1.54) is 0 Å². The van der Waals surface area contributed by atoms with E-state index in [2.05, 4.69) is 45.7 Å². The number of fused-ring (bicyclic) bond motifs is 1. The quantitative estimate of drug-likeness (QED) is 0.578. The number of hydrogen-bond donors (Lipinski definition) is 0. The highest BCUT2D eigenvalue weighted by Crippen LogP contribution is 2.29. The molecule has 5 rings (SSSR count). The monoisotopic (exact) mass is 464 g/mol. The molecule has 0 aliphatic carbocycles. The van der Waals surface area contributed by atoms with Gasteiger partial charge in [-0.05, 0) is 30.2 Å². The number of carbonyl (C=O) groups excluding carboxylic acids is 1. The van der Waals surface area contributed by atoms with Crippen LogP contribution >= 0.6 is 0 Å². The minimum atomic E-state index is 0.221. The van der Waals surface area contributed by atoms with Gasteiger partial charge in [0, 0.05) is 58.1 Å². The lowest BCUT2D eigenvalue weighted by molar-refractivity contribution is -0.137. The standard InChI is InChI=1S/C25H36N8O/c1-25(2,3)18-30-11-12-32(23(34)17-30)14-19-6-9-31(10-7-19)24-22-5-8-26-33(22)16-21(28-24)20-13-27-29(4)15-20/h5,8,13,15-16,19H,6-7,9-12,14,17-18H2,1-4H3. The lowest BCUT2D eigenvalue weighted by atomic mass is 9.94. The Morgan fingerprint density at radius 1 is 1.06 bits per heavy atom. The summed E-state index contributed by atoms with van der Waals surface area (Å²) in [5, 5.41) is 8.77. The molecule has 0 bridgehead atoms. The number of piperazine rings is 1. The van der Waals surface area contributed by atoms with Crippen LogP contribution in [-0.2, 0) is 11.8 Å². The highest BCUT2D eigenvalue weighted by Gasteiger charge is 2.30. The molecule has 2 fully saturated rings. The Morgan fingerprint density at radius 3 is 2.53 bits per heavy atom. The highest BCUT2D eigenvalue weighted by molar-refractivity contribution is 5.79. The van der Waals surface area contributed by atoms with Crippen molar-refractivity contribution in [3.8, 4) is 11.3 Å². The molecular formula is C25H36N8O. The molecule has 0 atom stereocenters. The number of rotatable bonds is 5. The predicted molar refractivity (Wildman–Crippen MR) is 133 cm³/mol. The van der Waals surface area contributed by atoms with E-state index in [1.807, 2.05) is 42.4 Å². The van der Waals surface area contributed by atoms with Crippen LogP contribution in [0.5, 0.6) is 0 Å². The molecule has 3 aromatic heterocycles. The smallest absolute Gasteiger partial charge is 0.236 e. The number of anilines is 1. The number of hydrogen-bond acceptors (Lipinski definition) is 6. The van der Waals surface area contributed by atoms with Crippen LogP contribution in [0, 0.1) is 11.3 Å². The van der Waals surface area contributed by atoms with Crippen molar-refractivity contribution in [2.24, 2.45) is 18.4 Å². The molecular weight excluding hydrogens is 428 g/mol. The van der Waals surface area contributed by atoms with Gasteiger partial charge in [0.25, 0.3) is 0 Å². The van der Waals surface area contributed by atoms with Gasteiger partial charge in [-0.2, -0.15) is 10.2 Å². The lowest BCUT2D eigenvalue weighted by Crippen LogP contribution is -2.53. The molecule has 0 unspecified atom stereocenters. The van der Waals surface area contributed by atoms with Gasteiger partial charge in [0.15, 0.2) is 5.82 Å². The zero-order valence-electron chi connectivity index (χ0n) is 20.8. The second-order valence-electron chi connectivity index (χ2n) is 11.1. The first kappa shape index (κ1) is 22.8. The first-order chi connectivity index (χ1) is 16.2. The van der Waals surface area contributed by atoms with Crippen LogP contribution in [-0.4, -0.2) is 85.9 Å². The Labute approximate surface area is 201 Å². The van der Waals surface area contributed by atoms with Gasteiger partial charge in [-0.1, -0.05) is 20.8 Å². The maximum Gasteiger partial charge on any atom is 0.236 e. The molecule has 9 nitrogen and oxygen atoms in total. The second kappa shape index (κ2) is 9.02. The number of carbonyl (C=O) groups is 1. The number of amides is 1. The second-order valence-corrected chi connectivity index (χ2v) is 11.1. The van der Waals surface area contributed by atoms with Gasteiger partial charge in [-0.25, -0.2) is 9.50 Å². The average Bonchev–Trinajstić information content (AvgIpc) is 3.43. The SMILES string of the molecule is Cn1cc(-c2cn3nccc3c(N3CCC(CN4CCN(CC(C)(C)C)CC4=O)CC3)n2)cn1. The van der Waals surface area contributed by atoms with Crippen LogP contribution in [0.3, 0.4) is 0 Å². The van der Waals surface area contributed by atoms with Crippen molar-refractivity contribution in [3.05, 3.63) is 30.9 Å². The first-order valence-electron chi connectivity index (χ1n) is 12.3. The topological polar surface area (TPSA) is 74.8 Å². The van der Waals surface area contributed by atoms with Gasteiger partial charge in [-0.3, -0.25) is 14.4 Å². The minimum Gasteiger partial charge on any atom is -0.355 e. The number of aromatic nitrogens is 5. The summed E-state index contributed by atoms with van der Waals surface area (Å²) in [7, 11) is 1.91.